The van der Waals surface area contributed by atoms with Crippen LogP contribution in [-0.2, 0) is 0 Å². The number of H-pyrrole nitrogens is 1. The molecule has 1 aliphatic heterocycles. The van der Waals surface area contributed by atoms with Crippen LogP contribution in [0.1, 0.15) is 57.2 Å². The van der Waals surface area contributed by atoms with E-state index < -0.39 is 5.97 Å². The molecule has 2 heterocycles. The first-order valence-electron chi connectivity index (χ1n) is 11.2. The third kappa shape index (κ3) is 4.30. The first-order chi connectivity index (χ1) is 16.6. The molecular weight excluding hydrogens is 433 g/mol. The summed E-state index contributed by atoms with van der Waals surface area (Å²) >= 11 is 0. The van der Waals surface area contributed by atoms with Crippen LogP contribution in [0.5, 0.6) is 5.75 Å². The summed E-state index contributed by atoms with van der Waals surface area (Å²) in [7, 11) is 0. The second kappa shape index (κ2) is 9.49. The summed E-state index contributed by atoms with van der Waals surface area (Å²) < 4.78 is 19.6. The van der Waals surface area contributed by atoms with Gasteiger partial charge in [-0.2, -0.15) is 0 Å². The fourth-order valence-electron chi connectivity index (χ4n) is 4.69. The molecule has 1 aliphatic rings. The summed E-state index contributed by atoms with van der Waals surface area (Å²) in [5.74, 6) is -1.06. The lowest BCUT2D eigenvalue weighted by atomic mass is 9.82. The fraction of sp³-hybridized carbons (Fsp3) is 0.185. The van der Waals surface area contributed by atoms with E-state index in [0.29, 0.717) is 18.8 Å². The lowest BCUT2D eigenvalue weighted by Crippen LogP contribution is -2.34. The molecule has 1 aromatic heterocycles. The monoisotopic (exact) mass is 457 g/mol. The van der Waals surface area contributed by atoms with E-state index in [1.165, 1.54) is 12.1 Å². The Bertz CT molecular complexity index is 1260. The smallest absolute Gasteiger partial charge is 0.339 e. The van der Waals surface area contributed by atoms with Crippen molar-refractivity contribution in [2.75, 3.05) is 6.61 Å². The minimum atomic E-state index is -1.02. The van der Waals surface area contributed by atoms with Crippen LogP contribution in [0, 0.1) is 5.82 Å². The lowest BCUT2D eigenvalue weighted by Gasteiger charge is -2.35. The predicted octanol–water partition coefficient (Wildman–Crippen LogP) is 5.23. The third-order valence-corrected chi connectivity index (χ3v) is 6.26. The zero-order valence-electron chi connectivity index (χ0n) is 18.3. The molecule has 34 heavy (non-hydrogen) atoms. The molecule has 0 aliphatic carbocycles. The standard InChI is InChI=1S/C27H24FN3O3/c28-19-11-9-18(10-12-19)24(17-5-2-1-3-6-17)25(23-15-29-16-30-23)31-22-13-14-34-26-20(22)7-4-8-21(26)27(32)33/h1-12,15-16,22,24-25,31H,13-14H2,(H,29,30)(H,32,33). The van der Waals surface area contributed by atoms with Crippen molar-refractivity contribution in [2.45, 2.75) is 24.4 Å². The minimum Gasteiger partial charge on any atom is -0.492 e. The number of nitrogens with one attached hydrogen (secondary N) is 2. The molecule has 5 rings (SSSR count). The molecule has 0 fully saturated rings. The highest BCUT2D eigenvalue weighted by molar-refractivity contribution is 5.91. The predicted molar refractivity (Wildman–Crippen MR) is 125 cm³/mol. The Morgan fingerprint density at radius 1 is 1.06 bits per heavy atom. The number of benzene rings is 3. The number of carbonyl (C=O) groups is 1. The second-order valence-corrected chi connectivity index (χ2v) is 8.31. The summed E-state index contributed by atoms with van der Waals surface area (Å²) in [6.07, 6.45) is 4.09. The maximum atomic E-state index is 13.8. The van der Waals surface area contributed by atoms with Gasteiger partial charge in [0.25, 0.3) is 0 Å². The van der Waals surface area contributed by atoms with Crippen molar-refractivity contribution in [1.29, 1.82) is 0 Å². The third-order valence-electron chi connectivity index (χ3n) is 6.26. The molecule has 3 N–H and O–H groups in total. The highest BCUT2D eigenvalue weighted by Crippen LogP contribution is 2.41. The Balaban J connectivity index is 1.60. The van der Waals surface area contributed by atoms with Gasteiger partial charge in [-0.05, 0) is 29.3 Å². The quantitative estimate of drug-likeness (QED) is 0.354. The average Bonchev–Trinajstić information content (AvgIpc) is 3.40. The van der Waals surface area contributed by atoms with E-state index in [4.69, 9.17) is 4.74 Å². The molecule has 0 bridgehead atoms. The number of aromatic carboxylic acids is 1. The summed E-state index contributed by atoms with van der Waals surface area (Å²) in [4.78, 5) is 19.2. The van der Waals surface area contributed by atoms with Gasteiger partial charge in [-0.15, -0.1) is 0 Å². The zero-order chi connectivity index (χ0) is 23.5. The summed E-state index contributed by atoms with van der Waals surface area (Å²) in [5, 5.41) is 13.4. The number of hydrogen-bond acceptors (Lipinski definition) is 4. The second-order valence-electron chi connectivity index (χ2n) is 8.31. The summed E-state index contributed by atoms with van der Waals surface area (Å²) in [6.45, 7) is 0.400. The number of rotatable bonds is 7. The normalized spacial score (nSPS) is 16.8. The van der Waals surface area contributed by atoms with Crippen molar-refractivity contribution in [3.8, 4) is 5.75 Å². The van der Waals surface area contributed by atoms with Gasteiger partial charge in [-0.1, -0.05) is 54.6 Å². The number of imidazole rings is 1. The zero-order valence-corrected chi connectivity index (χ0v) is 18.3. The van der Waals surface area contributed by atoms with Gasteiger partial charge in [0.2, 0.25) is 0 Å². The highest BCUT2D eigenvalue weighted by Gasteiger charge is 2.33. The number of halogens is 1. The molecule has 3 aromatic carbocycles. The van der Waals surface area contributed by atoms with E-state index in [1.807, 2.05) is 24.3 Å². The fourth-order valence-corrected chi connectivity index (χ4v) is 4.69. The molecule has 0 saturated heterocycles. The van der Waals surface area contributed by atoms with Crippen molar-refractivity contribution in [3.63, 3.8) is 0 Å². The van der Waals surface area contributed by atoms with Crippen LogP contribution in [0.15, 0.2) is 85.3 Å². The molecule has 3 atom stereocenters. The van der Waals surface area contributed by atoms with E-state index >= 15 is 0 Å². The topological polar surface area (TPSA) is 87.2 Å². The lowest BCUT2D eigenvalue weighted by molar-refractivity contribution is 0.0690. The van der Waals surface area contributed by atoms with Crippen LogP contribution in [0.2, 0.25) is 0 Å². The highest BCUT2D eigenvalue weighted by atomic mass is 19.1. The molecule has 0 spiro atoms. The number of carboxylic acids is 1. The van der Waals surface area contributed by atoms with Crippen molar-refractivity contribution in [2.24, 2.45) is 0 Å². The van der Waals surface area contributed by atoms with Gasteiger partial charge in [-0.25, -0.2) is 14.2 Å². The first kappa shape index (κ1) is 21.9. The first-order valence-corrected chi connectivity index (χ1v) is 11.2. The summed E-state index contributed by atoms with van der Waals surface area (Å²) in [6, 6.07) is 21.4. The number of ether oxygens (including phenoxy) is 1. The van der Waals surface area contributed by atoms with Gasteiger partial charge >= 0.3 is 5.97 Å². The Kier molecular flexibility index (Phi) is 6.10. The number of fused-ring (bicyclic) bond motifs is 1. The number of para-hydroxylation sites is 1. The van der Waals surface area contributed by atoms with E-state index in [9.17, 15) is 14.3 Å². The molecule has 4 aromatic rings. The molecule has 0 saturated carbocycles. The van der Waals surface area contributed by atoms with Crippen molar-refractivity contribution in [3.05, 3.63) is 119 Å². The SMILES string of the molecule is O=C(O)c1cccc2c1OCCC2NC(c1cnc[nH]1)C(c1ccccc1)c1ccc(F)cc1. The molecule has 0 amide bonds. The van der Waals surface area contributed by atoms with Crippen LogP contribution in [-0.4, -0.2) is 27.7 Å². The molecular formula is C27H24FN3O3. The Labute approximate surface area is 196 Å². The van der Waals surface area contributed by atoms with E-state index in [2.05, 4.69) is 27.4 Å². The van der Waals surface area contributed by atoms with Crippen LogP contribution >= 0.6 is 0 Å². The van der Waals surface area contributed by atoms with E-state index in [-0.39, 0.29) is 29.4 Å². The van der Waals surface area contributed by atoms with Gasteiger partial charge in [0.05, 0.1) is 24.7 Å². The molecule has 0 radical (unpaired) electrons. The molecule has 172 valence electrons. The van der Waals surface area contributed by atoms with Crippen molar-refractivity contribution < 1.29 is 19.0 Å². The van der Waals surface area contributed by atoms with Gasteiger partial charge < -0.3 is 20.1 Å². The van der Waals surface area contributed by atoms with Gasteiger partial charge in [0, 0.05) is 30.1 Å². The number of hydrogen-bond donors (Lipinski definition) is 3. The average molecular weight is 458 g/mol. The van der Waals surface area contributed by atoms with Crippen LogP contribution in [0.3, 0.4) is 0 Å². The number of aromatic nitrogens is 2. The van der Waals surface area contributed by atoms with Crippen molar-refractivity contribution >= 4 is 5.97 Å². The minimum absolute atomic E-state index is 0.150. The summed E-state index contributed by atoms with van der Waals surface area (Å²) in [5.41, 5.74) is 3.85. The number of nitrogens with zero attached hydrogens (tertiary/aromatic N) is 1. The molecule has 6 nitrogen and oxygen atoms in total. The molecule has 7 heteroatoms. The Hall–Kier alpha value is -3.97. The van der Waals surface area contributed by atoms with E-state index in [0.717, 1.165) is 22.4 Å². The largest absolute Gasteiger partial charge is 0.492 e. The maximum absolute atomic E-state index is 13.8. The van der Waals surface area contributed by atoms with E-state index in [1.54, 1.807) is 36.8 Å². The van der Waals surface area contributed by atoms with Gasteiger partial charge in [-0.3, -0.25) is 0 Å². The Morgan fingerprint density at radius 3 is 2.53 bits per heavy atom. The van der Waals surface area contributed by atoms with Crippen molar-refractivity contribution in [1.82, 2.24) is 15.3 Å². The molecule has 3 unspecified atom stereocenters. The van der Waals surface area contributed by atoms with Gasteiger partial charge in [0.1, 0.15) is 17.1 Å². The number of carboxylic acid groups (broad SMARTS) is 1. The van der Waals surface area contributed by atoms with Crippen LogP contribution in [0.25, 0.3) is 0 Å². The van der Waals surface area contributed by atoms with Crippen LogP contribution in [0.4, 0.5) is 4.39 Å². The van der Waals surface area contributed by atoms with Crippen LogP contribution < -0.4 is 10.1 Å². The number of aromatic amines is 1. The Morgan fingerprint density at radius 2 is 1.82 bits per heavy atom. The van der Waals surface area contributed by atoms with Gasteiger partial charge in [0.15, 0.2) is 0 Å². The maximum Gasteiger partial charge on any atom is 0.339 e.